The Hall–Kier alpha value is -1.76. The van der Waals surface area contributed by atoms with E-state index in [1.807, 2.05) is 0 Å². The van der Waals surface area contributed by atoms with E-state index in [0.717, 1.165) is 13.1 Å². The minimum Gasteiger partial charge on any atom is -0.383 e. The van der Waals surface area contributed by atoms with Crippen molar-refractivity contribution in [1.29, 1.82) is 0 Å². The van der Waals surface area contributed by atoms with Crippen LogP contribution in [0.2, 0.25) is 0 Å². The summed E-state index contributed by atoms with van der Waals surface area (Å²) in [4.78, 5) is 27.8. The van der Waals surface area contributed by atoms with Gasteiger partial charge >= 0.3 is 5.69 Å². The second-order valence-corrected chi connectivity index (χ2v) is 5.41. The molecule has 0 radical (unpaired) electrons. The molecule has 20 heavy (non-hydrogen) atoms. The molecule has 0 amide bonds. The average Bonchev–Trinajstić information content (AvgIpc) is 2.45. The van der Waals surface area contributed by atoms with Gasteiger partial charge in [-0.2, -0.15) is 0 Å². The topological polar surface area (TPSA) is 96.1 Å². The molecule has 1 aliphatic heterocycles. The second kappa shape index (κ2) is 6.13. The van der Waals surface area contributed by atoms with Crippen molar-refractivity contribution in [2.24, 2.45) is 7.05 Å². The first-order chi connectivity index (χ1) is 9.50. The van der Waals surface area contributed by atoms with E-state index in [1.165, 1.54) is 30.9 Å². The van der Waals surface area contributed by atoms with E-state index >= 15 is 0 Å². The molecule has 0 spiro atoms. The van der Waals surface area contributed by atoms with Gasteiger partial charge in [0.05, 0.1) is 0 Å². The highest BCUT2D eigenvalue weighted by Gasteiger charge is 2.17. The third-order valence-corrected chi connectivity index (χ3v) is 3.96. The number of nitrogens with two attached hydrogens (primary N) is 1. The fraction of sp³-hybridized carbons (Fsp3) is 0.692. The highest BCUT2D eigenvalue weighted by Crippen LogP contribution is 2.13. The van der Waals surface area contributed by atoms with E-state index in [4.69, 9.17) is 5.73 Å². The Bertz CT molecular complexity index is 571. The van der Waals surface area contributed by atoms with E-state index in [9.17, 15) is 9.59 Å². The van der Waals surface area contributed by atoms with Gasteiger partial charge in [0.2, 0.25) is 0 Å². The van der Waals surface area contributed by atoms with Gasteiger partial charge in [0, 0.05) is 19.6 Å². The fourth-order valence-corrected chi connectivity index (χ4v) is 2.55. The normalized spacial score (nSPS) is 17.9. The van der Waals surface area contributed by atoms with Crippen LogP contribution in [0, 0.1) is 0 Å². The predicted molar refractivity (Wildman–Crippen MR) is 80.1 cm³/mol. The third kappa shape index (κ3) is 3.04. The number of likely N-dealkylation sites (tertiary alicyclic amines) is 1. The molecule has 1 fully saturated rings. The standard InChI is InChI=1S/C13H23N5O2/c1-9(18-6-4-3-5-7-18)8-15-10-11(14)17(2)13(20)16-12(10)19/h9,15H,3-8,14H2,1-2H3,(H,16,19,20). The van der Waals surface area contributed by atoms with Crippen molar-refractivity contribution in [3.8, 4) is 0 Å². The van der Waals surface area contributed by atoms with Gasteiger partial charge in [-0.1, -0.05) is 6.42 Å². The fourth-order valence-electron chi connectivity index (χ4n) is 2.55. The molecule has 0 saturated carbocycles. The SMILES string of the molecule is CC(CNc1c(N)n(C)c(=O)[nH]c1=O)N1CCCCC1. The summed E-state index contributed by atoms with van der Waals surface area (Å²) in [5.74, 6) is 0.171. The van der Waals surface area contributed by atoms with E-state index in [0.29, 0.717) is 12.6 Å². The van der Waals surface area contributed by atoms with Crippen LogP contribution in [0.3, 0.4) is 0 Å². The maximum atomic E-state index is 11.8. The number of piperidine rings is 1. The monoisotopic (exact) mass is 281 g/mol. The molecule has 112 valence electrons. The van der Waals surface area contributed by atoms with Crippen LogP contribution in [0.5, 0.6) is 0 Å². The minimum absolute atomic E-state index is 0.171. The lowest BCUT2D eigenvalue weighted by Crippen LogP contribution is -2.42. The molecule has 1 aromatic heterocycles. The number of nitrogens with one attached hydrogen (secondary N) is 2. The molecule has 1 aliphatic rings. The van der Waals surface area contributed by atoms with Gasteiger partial charge in [-0.3, -0.25) is 19.2 Å². The zero-order valence-electron chi connectivity index (χ0n) is 12.1. The summed E-state index contributed by atoms with van der Waals surface area (Å²) in [5.41, 5.74) is 5.13. The highest BCUT2D eigenvalue weighted by molar-refractivity contribution is 5.60. The summed E-state index contributed by atoms with van der Waals surface area (Å²) >= 11 is 0. The van der Waals surface area contributed by atoms with E-state index in [1.54, 1.807) is 0 Å². The lowest BCUT2D eigenvalue weighted by atomic mass is 10.1. The van der Waals surface area contributed by atoms with Crippen molar-refractivity contribution in [3.05, 3.63) is 20.8 Å². The van der Waals surface area contributed by atoms with Crippen LogP contribution < -0.4 is 22.3 Å². The number of aromatic amines is 1. The first kappa shape index (κ1) is 14.6. The van der Waals surface area contributed by atoms with Gasteiger partial charge in [0.15, 0.2) is 0 Å². The molecular formula is C13H23N5O2. The maximum Gasteiger partial charge on any atom is 0.329 e. The number of anilines is 2. The Labute approximate surface area is 117 Å². The summed E-state index contributed by atoms with van der Waals surface area (Å²) in [6.45, 7) is 4.96. The lowest BCUT2D eigenvalue weighted by Gasteiger charge is -2.32. The molecule has 1 aromatic rings. The van der Waals surface area contributed by atoms with Crippen LogP contribution in [-0.2, 0) is 7.05 Å². The van der Waals surface area contributed by atoms with E-state index < -0.39 is 11.2 Å². The quantitative estimate of drug-likeness (QED) is 0.718. The summed E-state index contributed by atoms with van der Waals surface area (Å²) in [7, 11) is 1.53. The molecule has 1 saturated heterocycles. The molecule has 7 nitrogen and oxygen atoms in total. The predicted octanol–water partition coefficient (Wildman–Crippen LogP) is -0.0579. The zero-order chi connectivity index (χ0) is 14.7. The van der Waals surface area contributed by atoms with Crippen molar-refractivity contribution in [2.45, 2.75) is 32.2 Å². The third-order valence-electron chi connectivity index (χ3n) is 3.96. The molecular weight excluding hydrogens is 258 g/mol. The number of rotatable bonds is 4. The number of nitrogens with zero attached hydrogens (tertiary/aromatic N) is 2. The van der Waals surface area contributed by atoms with Crippen LogP contribution in [0.1, 0.15) is 26.2 Å². The molecule has 2 rings (SSSR count). The smallest absolute Gasteiger partial charge is 0.329 e. The van der Waals surface area contributed by atoms with Gasteiger partial charge in [-0.15, -0.1) is 0 Å². The number of aromatic nitrogens is 2. The van der Waals surface area contributed by atoms with Crippen LogP contribution >= 0.6 is 0 Å². The Kier molecular flexibility index (Phi) is 4.49. The van der Waals surface area contributed by atoms with Crippen LogP contribution in [0.4, 0.5) is 11.5 Å². The van der Waals surface area contributed by atoms with Crippen LogP contribution in [-0.4, -0.2) is 40.1 Å². The molecule has 0 aliphatic carbocycles. The number of nitrogen functional groups attached to an aromatic ring is 1. The van der Waals surface area contributed by atoms with Crippen molar-refractivity contribution < 1.29 is 0 Å². The first-order valence-corrected chi connectivity index (χ1v) is 7.07. The van der Waals surface area contributed by atoms with Gasteiger partial charge in [-0.05, 0) is 32.9 Å². The van der Waals surface area contributed by atoms with Crippen molar-refractivity contribution in [2.75, 3.05) is 30.7 Å². The van der Waals surface area contributed by atoms with Gasteiger partial charge in [-0.25, -0.2) is 4.79 Å². The minimum atomic E-state index is -0.498. The highest BCUT2D eigenvalue weighted by atomic mass is 16.2. The summed E-state index contributed by atoms with van der Waals surface area (Å²) in [6, 6.07) is 0.325. The van der Waals surface area contributed by atoms with Crippen LogP contribution in [0.25, 0.3) is 0 Å². The van der Waals surface area contributed by atoms with Crippen LogP contribution in [0.15, 0.2) is 9.59 Å². The van der Waals surface area contributed by atoms with Crippen molar-refractivity contribution >= 4 is 11.5 Å². The molecule has 1 atom stereocenters. The number of H-pyrrole nitrogens is 1. The number of hydrogen-bond donors (Lipinski definition) is 3. The summed E-state index contributed by atoms with van der Waals surface area (Å²) < 4.78 is 1.23. The Morgan fingerprint density at radius 1 is 1.30 bits per heavy atom. The molecule has 2 heterocycles. The molecule has 0 bridgehead atoms. The lowest BCUT2D eigenvalue weighted by molar-refractivity contribution is 0.180. The maximum absolute atomic E-state index is 11.8. The van der Waals surface area contributed by atoms with E-state index in [-0.39, 0.29) is 11.5 Å². The van der Waals surface area contributed by atoms with Crippen molar-refractivity contribution in [3.63, 3.8) is 0 Å². The van der Waals surface area contributed by atoms with Crippen molar-refractivity contribution in [1.82, 2.24) is 14.5 Å². The first-order valence-electron chi connectivity index (χ1n) is 7.07. The Morgan fingerprint density at radius 2 is 1.95 bits per heavy atom. The summed E-state index contributed by atoms with van der Waals surface area (Å²) in [6.07, 6.45) is 3.75. The van der Waals surface area contributed by atoms with Gasteiger partial charge in [0.1, 0.15) is 11.5 Å². The Morgan fingerprint density at radius 3 is 2.60 bits per heavy atom. The molecule has 7 heteroatoms. The molecule has 0 aromatic carbocycles. The second-order valence-electron chi connectivity index (χ2n) is 5.41. The largest absolute Gasteiger partial charge is 0.383 e. The number of hydrogen-bond acceptors (Lipinski definition) is 5. The van der Waals surface area contributed by atoms with Gasteiger partial charge < -0.3 is 11.1 Å². The van der Waals surface area contributed by atoms with Gasteiger partial charge in [0.25, 0.3) is 5.56 Å². The average molecular weight is 281 g/mol. The molecule has 4 N–H and O–H groups in total. The summed E-state index contributed by atoms with van der Waals surface area (Å²) in [5, 5.41) is 3.08. The molecule has 1 unspecified atom stereocenters. The van der Waals surface area contributed by atoms with E-state index in [2.05, 4.69) is 22.1 Å². The zero-order valence-corrected chi connectivity index (χ0v) is 12.1. The Balaban J connectivity index is 2.05.